The van der Waals surface area contributed by atoms with Crippen LogP contribution >= 0.6 is 7.82 Å². The Hall–Kier alpha value is -0.950. The van der Waals surface area contributed by atoms with Crippen LogP contribution in [0.3, 0.4) is 0 Å². The maximum atomic E-state index is 11.6. The van der Waals surface area contributed by atoms with Crippen molar-refractivity contribution in [2.24, 2.45) is 0 Å². The van der Waals surface area contributed by atoms with Crippen molar-refractivity contribution in [3.63, 3.8) is 0 Å². The molecule has 0 fully saturated rings. The van der Waals surface area contributed by atoms with E-state index >= 15 is 0 Å². The second-order valence-electron chi connectivity index (χ2n) is 5.57. The third-order valence-electron chi connectivity index (χ3n) is 3.18. The molecular formula is C15H29O8P. The molecule has 9 heteroatoms. The number of rotatable bonds is 14. The monoisotopic (exact) mass is 368 g/mol. The lowest BCUT2D eigenvalue weighted by Crippen LogP contribution is -2.28. The van der Waals surface area contributed by atoms with Gasteiger partial charge in [0, 0.05) is 13.3 Å². The molecule has 0 aliphatic rings. The average molecular weight is 368 g/mol. The van der Waals surface area contributed by atoms with Crippen LogP contribution in [-0.4, -0.2) is 41.0 Å². The van der Waals surface area contributed by atoms with Crippen LogP contribution in [-0.2, 0) is 28.2 Å². The zero-order valence-corrected chi connectivity index (χ0v) is 15.3. The smallest absolute Gasteiger partial charge is 0.462 e. The van der Waals surface area contributed by atoms with Gasteiger partial charge in [-0.05, 0) is 6.42 Å². The molecule has 0 aromatic rings. The molecule has 0 radical (unpaired) electrons. The molecule has 0 saturated heterocycles. The molecule has 2 N–H and O–H groups in total. The van der Waals surface area contributed by atoms with Crippen molar-refractivity contribution in [3.05, 3.63) is 0 Å². The third-order valence-corrected chi connectivity index (χ3v) is 3.66. The fraction of sp³-hybridized carbons (Fsp3) is 0.867. The second-order valence-corrected chi connectivity index (χ2v) is 6.81. The summed E-state index contributed by atoms with van der Waals surface area (Å²) in [5.41, 5.74) is 0. The van der Waals surface area contributed by atoms with Crippen LogP contribution in [0, 0.1) is 0 Å². The molecule has 0 aromatic carbocycles. The maximum absolute atomic E-state index is 11.6. The highest BCUT2D eigenvalue weighted by Crippen LogP contribution is 2.35. The summed E-state index contributed by atoms with van der Waals surface area (Å²) in [5, 5.41) is 0. The van der Waals surface area contributed by atoms with E-state index in [0.29, 0.717) is 0 Å². The van der Waals surface area contributed by atoms with Crippen molar-refractivity contribution in [1.29, 1.82) is 0 Å². The lowest BCUT2D eigenvalue weighted by molar-refractivity contribution is -0.159. The van der Waals surface area contributed by atoms with Crippen LogP contribution in [0.25, 0.3) is 0 Å². The molecule has 1 atom stereocenters. The van der Waals surface area contributed by atoms with E-state index in [1.54, 1.807) is 0 Å². The van der Waals surface area contributed by atoms with Crippen LogP contribution in [0.5, 0.6) is 0 Å². The minimum Gasteiger partial charge on any atom is -0.462 e. The summed E-state index contributed by atoms with van der Waals surface area (Å²) in [4.78, 5) is 39.8. The van der Waals surface area contributed by atoms with E-state index < -0.39 is 32.5 Å². The summed E-state index contributed by atoms with van der Waals surface area (Å²) >= 11 is 0. The summed E-state index contributed by atoms with van der Waals surface area (Å²) in [7, 11) is -4.68. The van der Waals surface area contributed by atoms with Crippen LogP contribution < -0.4 is 0 Å². The Morgan fingerprint density at radius 2 is 1.58 bits per heavy atom. The molecule has 0 unspecified atom stereocenters. The van der Waals surface area contributed by atoms with Gasteiger partial charge in [-0.2, -0.15) is 0 Å². The van der Waals surface area contributed by atoms with E-state index in [1.807, 2.05) is 0 Å². The Balaban J connectivity index is 3.91. The lowest BCUT2D eigenvalue weighted by atomic mass is 10.1. The second kappa shape index (κ2) is 13.4. The van der Waals surface area contributed by atoms with E-state index in [-0.39, 0.29) is 13.0 Å². The number of phosphoric acid groups is 1. The zero-order valence-electron chi connectivity index (χ0n) is 14.4. The Labute approximate surface area is 143 Å². The summed E-state index contributed by atoms with van der Waals surface area (Å²) in [5.74, 6) is -1.09. The predicted octanol–water partition coefficient (Wildman–Crippen LogP) is 2.71. The molecule has 142 valence electrons. The summed E-state index contributed by atoms with van der Waals surface area (Å²) in [6.07, 6.45) is 6.78. The standard InChI is InChI=1S/C15H29O8P/c1-3-4-5-6-7-8-9-10-15(17)21-11-14(23-13(2)16)12-22-24(18,19)20/h14H,3-12H2,1-2H3,(H2,18,19,20)/t14-/m1/s1. The highest BCUT2D eigenvalue weighted by molar-refractivity contribution is 7.46. The molecule has 0 saturated carbocycles. The first-order chi connectivity index (χ1) is 11.2. The number of carbonyl (C=O) groups excluding carboxylic acids is 2. The van der Waals surface area contributed by atoms with Crippen molar-refractivity contribution in [3.8, 4) is 0 Å². The number of phosphoric ester groups is 1. The third kappa shape index (κ3) is 15.9. The van der Waals surface area contributed by atoms with Gasteiger partial charge in [0.2, 0.25) is 0 Å². The van der Waals surface area contributed by atoms with Crippen molar-refractivity contribution >= 4 is 19.8 Å². The highest BCUT2D eigenvalue weighted by Gasteiger charge is 2.21. The van der Waals surface area contributed by atoms with Crippen LogP contribution in [0.4, 0.5) is 0 Å². The molecule has 0 spiro atoms. The minimum atomic E-state index is -4.68. The molecule has 24 heavy (non-hydrogen) atoms. The Morgan fingerprint density at radius 1 is 1.00 bits per heavy atom. The van der Waals surface area contributed by atoms with E-state index in [9.17, 15) is 14.2 Å². The number of carbonyl (C=O) groups is 2. The molecular weight excluding hydrogens is 339 g/mol. The number of hydrogen-bond acceptors (Lipinski definition) is 6. The molecule has 0 amide bonds. The SMILES string of the molecule is CCCCCCCCCC(=O)OC[C@H](COP(=O)(O)O)OC(C)=O. The topological polar surface area (TPSA) is 119 Å². The van der Waals surface area contributed by atoms with Gasteiger partial charge in [-0.15, -0.1) is 0 Å². The largest absolute Gasteiger partial charge is 0.469 e. The lowest BCUT2D eigenvalue weighted by Gasteiger charge is -2.17. The molecule has 0 aromatic heterocycles. The van der Waals surface area contributed by atoms with Crippen molar-refractivity contribution in [1.82, 2.24) is 0 Å². The van der Waals surface area contributed by atoms with Crippen molar-refractivity contribution in [2.75, 3.05) is 13.2 Å². The van der Waals surface area contributed by atoms with Crippen molar-refractivity contribution in [2.45, 2.75) is 71.3 Å². The summed E-state index contributed by atoms with van der Waals surface area (Å²) in [6.45, 7) is 2.46. The molecule has 0 bridgehead atoms. The molecule has 0 aliphatic carbocycles. The Bertz CT molecular complexity index is 406. The first-order valence-electron chi connectivity index (χ1n) is 8.27. The van der Waals surface area contributed by atoms with E-state index in [2.05, 4.69) is 11.4 Å². The van der Waals surface area contributed by atoms with Gasteiger partial charge in [-0.1, -0.05) is 45.4 Å². The minimum absolute atomic E-state index is 0.264. The fourth-order valence-corrected chi connectivity index (χ4v) is 2.38. The highest BCUT2D eigenvalue weighted by atomic mass is 31.2. The van der Waals surface area contributed by atoms with Crippen LogP contribution in [0.1, 0.15) is 65.2 Å². The van der Waals surface area contributed by atoms with Gasteiger partial charge >= 0.3 is 19.8 Å². The van der Waals surface area contributed by atoms with Gasteiger partial charge in [0.05, 0.1) is 6.61 Å². The number of esters is 2. The Kier molecular flexibility index (Phi) is 12.8. The number of hydrogen-bond donors (Lipinski definition) is 2. The quantitative estimate of drug-likeness (QED) is 0.273. The maximum Gasteiger partial charge on any atom is 0.469 e. The van der Waals surface area contributed by atoms with Gasteiger partial charge in [0.25, 0.3) is 0 Å². The van der Waals surface area contributed by atoms with Gasteiger partial charge in [0.15, 0.2) is 6.10 Å². The molecule has 8 nitrogen and oxygen atoms in total. The zero-order chi connectivity index (χ0) is 18.4. The normalized spacial score (nSPS) is 12.7. The van der Waals surface area contributed by atoms with E-state index in [4.69, 9.17) is 19.3 Å². The predicted molar refractivity (Wildman–Crippen MR) is 87.1 cm³/mol. The first kappa shape index (κ1) is 23.1. The van der Waals surface area contributed by atoms with Gasteiger partial charge in [-0.25, -0.2) is 4.57 Å². The van der Waals surface area contributed by atoms with Gasteiger partial charge in [-0.3, -0.25) is 14.1 Å². The van der Waals surface area contributed by atoms with Crippen LogP contribution in [0.15, 0.2) is 0 Å². The Morgan fingerprint density at radius 3 is 2.12 bits per heavy atom. The molecule has 0 aliphatic heterocycles. The van der Waals surface area contributed by atoms with E-state index in [1.165, 1.54) is 19.3 Å². The van der Waals surface area contributed by atoms with E-state index in [0.717, 1.165) is 32.6 Å². The summed E-state index contributed by atoms with van der Waals surface area (Å²) in [6, 6.07) is 0. The number of unbranched alkanes of at least 4 members (excludes halogenated alkanes) is 6. The fourth-order valence-electron chi connectivity index (χ4n) is 2.02. The first-order valence-corrected chi connectivity index (χ1v) is 9.80. The average Bonchev–Trinajstić information content (AvgIpc) is 2.48. The van der Waals surface area contributed by atoms with Gasteiger partial charge < -0.3 is 19.3 Å². The molecule has 0 heterocycles. The van der Waals surface area contributed by atoms with Gasteiger partial charge in [0.1, 0.15) is 6.61 Å². The summed E-state index contributed by atoms with van der Waals surface area (Å²) < 4.78 is 24.7. The number of ether oxygens (including phenoxy) is 2. The molecule has 0 rings (SSSR count). The van der Waals surface area contributed by atoms with Crippen molar-refractivity contribution < 1.29 is 37.9 Å². The van der Waals surface area contributed by atoms with Crippen LogP contribution in [0.2, 0.25) is 0 Å².